The van der Waals surface area contributed by atoms with E-state index in [0.29, 0.717) is 24.9 Å². The Kier molecular flexibility index (Phi) is 7.82. The highest BCUT2D eigenvalue weighted by Crippen LogP contribution is 2.47. The van der Waals surface area contributed by atoms with Gasteiger partial charge in [-0.25, -0.2) is 0 Å². The molecule has 3 aliphatic rings. The van der Waals surface area contributed by atoms with Crippen LogP contribution in [0.4, 0.5) is 0 Å². The van der Waals surface area contributed by atoms with Gasteiger partial charge in [0.15, 0.2) is 0 Å². The summed E-state index contributed by atoms with van der Waals surface area (Å²) in [5, 5.41) is 21.0. The molecule has 4 rings (SSSR count). The van der Waals surface area contributed by atoms with E-state index >= 15 is 0 Å². The normalized spacial score (nSPS) is 28.3. The van der Waals surface area contributed by atoms with E-state index in [9.17, 15) is 15.0 Å². The minimum atomic E-state index is -0.543. The second-order valence-electron chi connectivity index (χ2n) is 9.77. The van der Waals surface area contributed by atoms with Crippen molar-refractivity contribution < 1.29 is 19.7 Å². The van der Waals surface area contributed by atoms with Gasteiger partial charge in [-0.3, -0.25) is 4.79 Å². The number of carbonyl (C=O) groups excluding carboxylic acids is 1. The molecule has 2 fully saturated rings. The van der Waals surface area contributed by atoms with Gasteiger partial charge >= 0.3 is 0 Å². The number of hydrogen-bond acceptors (Lipinski definition) is 4. The second kappa shape index (κ2) is 10.8. The maximum Gasteiger partial charge on any atom is 0.248 e. The van der Waals surface area contributed by atoms with Crippen molar-refractivity contribution in [1.29, 1.82) is 0 Å². The number of fused-ring (bicyclic) bond motifs is 1. The summed E-state index contributed by atoms with van der Waals surface area (Å²) in [6, 6.07) is 8.22. The van der Waals surface area contributed by atoms with Gasteiger partial charge in [-0.15, -0.1) is 0 Å². The van der Waals surface area contributed by atoms with Crippen LogP contribution < -0.4 is 0 Å². The second-order valence-corrected chi connectivity index (χ2v) is 9.77. The molecule has 0 spiro atoms. The van der Waals surface area contributed by atoms with E-state index in [2.05, 4.69) is 25.1 Å². The standard InChI is InChI=1S/C27H37NO4/c1-19-5-4-6-20(13-19)15-23(29)7-8-24-25-16-21(14-22(25)17-26(24)30)9-12-32-18-27(31)28-10-2-3-11-28/h4-8,13-14,22-26,29-30H,2-3,9-12,15-18H2,1H3/t22-,23+,24+,25-,26+/m0/s1. The number of aliphatic hydroxyl groups is 2. The topological polar surface area (TPSA) is 70.0 Å². The number of rotatable bonds is 9. The zero-order valence-corrected chi connectivity index (χ0v) is 19.2. The molecule has 0 aromatic heterocycles. The van der Waals surface area contributed by atoms with Crippen molar-refractivity contribution >= 4 is 5.91 Å². The van der Waals surface area contributed by atoms with Crippen molar-refractivity contribution in [3.63, 3.8) is 0 Å². The highest BCUT2D eigenvalue weighted by molar-refractivity contribution is 5.77. The fraction of sp³-hybridized carbons (Fsp3) is 0.593. The first-order chi connectivity index (χ1) is 15.5. The van der Waals surface area contributed by atoms with Gasteiger partial charge in [-0.05, 0) is 56.4 Å². The van der Waals surface area contributed by atoms with Crippen LogP contribution in [0.5, 0.6) is 0 Å². The maximum atomic E-state index is 12.1. The third-order valence-electron chi connectivity index (χ3n) is 7.28. The Labute approximate surface area is 191 Å². The van der Waals surface area contributed by atoms with Gasteiger partial charge in [0.1, 0.15) is 6.61 Å². The molecular formula is C27H37NO4. The van der Waals surface area contributed by atoms with Crippen LogP contribution in [0.1, 0.15) is 43.2 Å². The SMILES string of the molecule is Cc1cccc(C[C@H](O)C=C[C@@H]2[C@H]3CC(CCOCC(=O)N4CCCC4)=C[C@H]3C[C@H]2O)c1. The van der Waals surface area contributed by atoms with Crippen LogP contribution in [0.3, 0.4) is 0 Å². The number of allylic oxidation sites excluding steroid dienone is 1. The lowest BCUT2D eigenvalue weighted by Gasteiger charge is -2.19. The Morgan fingerprint density at radius 2 is 2.12 bits per heavy atom. The predicted molar refractivity (Wildman–Crippen MR) is 125 cm³/mol. The van der Waals surface area contributed by atoms with Gasteiger partial charge in [0.2, 0.25) is 5.91 Å². The molecule has 1 aromatic rings. The summed E-state index contributed by atoms with van der Waals surface area (Å²) in [7, 11) is 0. The highest BCUT2D eigenvalue weighted by Gasteiger charge is 2.43. The molecule has 0 unspecified atom stereocenters. The van der Waals surface area contributed by atoms with Crippen molar-refractivity contribution in [1.82, 2.24) is 4.90 Å². The molecule has 0 bridgehead atoms. The van der Waals surface area contributed by atoms with Crippen molar-refractivity contribution in [2.75, 3.05) is 26.3 Å². The van der Waals surface area contributed by atoms with Gasteiger partial charge in [-0.1, -0.05) is 53.6 Å². The Morgan fingerprint density at radius 3 is 2.91 bits per heavy atom. The summed E-state index contributed by atoms with van der Waals surface area (Å²) >= 11 is 0. The zero-order chi connectivity index (χ0) is 22.5. The summed E-state index contributed by atoms with van der Waals surface area (Å²) < 4.78 is 5.66. The van der Waals surface area contributed by atoms with Crippen LogP contribution in [0.25, 0.3) is 0 Å². The van der Waals surface area contributed by atoms with Crippen LogP contribution in [-0.4, -0.2) is 59.5 Å². The fourth-order valence-electron chi connectivity index (χ4n) is 5.62. The van der Waals surface area contributed by atoms with Crippen molar-refractivity contribution in [3.8, 4) is 0 Å². The predicted octanol–water partition coefficient (Wildman–Crippen LogP) is 3.43. The van der Waals surface area contributed by atoms with Crippen molar-refractivity contribution in [2.45, 2.75) is 57.7 Å². The van der Waals surface area contributed by atoms with Crippen LogP contribution in [0.15, 0.2) is 48.1 Å². The quantitative estimate of drug-likeness (QED) is 0.457. The molecule has 0 radical (unpaired) electrons. The molecule has 1 aliphatic heterocycles. The van der Waals surface area contributed by atoms with E-state index in [0.717, 1.165) is 50.8 Å². The number of amides is 1. The average Bonchev–Trinajstić information content (AvgIpc) is 3.47. The lowest BCUT2D eigenvalue weighted by molar-refractivity contribution is -0.135. The fourth-order valence-corrected chi connectivity index (χ4v) is 5.62. The molecule has 1 amide bonds. The third-order valence-corrected chi connectivity index (χ3v) is 7.28. The summed E-state index contributed by atoms with van der Waals surface area (Å²) in [6.07, 6.45) is 10.7. The van der Waals surface area contributed by atoms with Crippen molar-refractivity contribution in [3.05, 3.63) is 59.2 Å². The van der Waals surface area contributed by atoms with E-state index in [1.165, 1.54) is 11.1 Å². The van der Waals surface area contributed by atoms with Gasteiger partial charge in [0.25, 0.3) is 0 Å². The molecule has 1 heterocycles. The molecule has 2 aliphatic carbocycles. The number of benzene rings is 1. The Balaban J connectivity index is 1.22. The number of nitrogens with zero attached hydrogens (tertiary/aromatic N) is 1. The number of aryl methyl sites for hydroxylation is 1. The first-order valence-corrected chi connectivity index (χ1v) is 12.1. The molecule has 2 N–H and O–H groups in total. The molecule has 5 nitrogen and oxygen atoms in total. The minimum absolute atomic E-state index is 0.0820. The van der Waals surface area contributed by atoms with E-state index in [1.54, 1.807) is 0 Å². The Hall–Kier alpha value is -1.95. The van der Waals surface area contributed by atoms with E-state index in [4.69, 9.17) is 4.74 Å². The number of hydrogen-bond donors (Lipinski definition) is 2. The molecule has 5 heteroatoms. The molecule has 1 saturated carbocycles. The molecule has 1 aromatic carbocycles. The number of aliphatic hydroxyl groups excluding tert-OH is 2. The van der Waals surface area contributed by atoms with Crippen LogP contribution >= 0.6 is 0 Å². The number of likely N-dealkylation sites (tertiary alicyclic amines) is 1. The van der Waals surface area contributed by atoms with E-state index in [-0.39, 0.29) is 24.5 Å². The first-order valence-electron chi connectivity index (χ1n) is 12.1. The van der Waals surface area contributed by atoms with Gasteiger partial charge in [0, 0.05) is 25.4 Å². The van der Waals surface area contributed by atoms with Crippen molar-refractivity contribution in [2.24, 2.45) is 17.8 Å². The zero-order valence-electron chi connectivity index (χ0n) is 19.2. The molecule has 174 valence electrons. The highest BCUT2D eigenvalue weighted by atomic mass is 16.5. The first kappa shape index (κ1) is 23.2. The van der Waals surface area contributed by atoms with Gasteiger partial charge in [0.05, 0.1) is 18.8 Å². The molecule has 5 atom stereocenters. The van der Waals surface area contributed by atoms with Gasteiger partial charge < -0.3 is 19.8 Å². The Morgan fingerprint density at radius 1 is 1.31 bits per heavy atom. The maximum absolute atomic E-state index is 12.1. The van der Waals surface area contributed by atoms with Crippen LogP contribution in [-0.2, 0) is 16.0 Å². The summed E-state index contributed by atoms with van der Waals surface area (Å²) in [6.45, 7) is 4.55. The monoisotopic (exact) mass is 439 g/mol. The summed E-state index contributed by atoms with van der Waals surface area (Å²) in [4.78, 5) is 14.0. The lowest BCUT2D eigenvalue weighted by Crippen LogP contribution is -2.31. The average molecular weight is 440 g/mol. The molecular weight excluding hydrogens is 402 g/mol. The van der Waals surface area contributed by atoms with Gasteiger partial charge in [-0.2, -0.15) is 0 Å². The summed E-state index contributed by atoms with van der Waals surface area (Å²) in [5.41, 5.74) is 3.70. The molecule has 1 saturated heterocycles. The molecule has 32 heavy (non-hydrogen) atoms. The van der Waals surface area contributed by atoms with Crippen LogP contribution in [0, 0.1) is 24.7 Å². The smallest absolute Gasteiger partial charge is 0.248 e. The number of carbonyl (C=O) groups is 1. The Bertz CT molecular complexity index is 842. The van der Waals surface area contributed by atoms with E-state index < -0.39 is 6.10 Å². The summed E-state index contributed by atoms with van der Waals surface area (Å²) in [5.74, 6) is 0.985. The lowest BCUT2D eigenvalue weighted by atomic mass is 9.88. The third kappa shape index (κ3) is 5.89. The van der Waals surface area contributed by atoms with E-state index in [1.807, 2.05) is 29.2 Å². The minimum Gasteiger partial charge on any atom is -0.392 e. The van der Waals surface area contributed by atoms with Crippen LogP contribution in [0.2, 0.25) is 0 Å². The largest absolute Gasteiger partial charge is 0.392 e. The number of ether oxygens (including phenoxy) is 1.